The Balaban J connectivity index is 1.49. The fourth-order valence-electron chi connectivity index (χ4n) is 4.20. The maximum absolute atomic E-state index is 13.2. The molecule has 0 saturated carbocycles. The maximum Gasteiger partial charge on any atom is 0.326 e. The van der Waals surface area contributed by atoms with E-state index in [0.29, 0.717) is 25.9 Å². The highest BCUT2D eigenvalue weighted by atomic mass is 16.5. The number of hydrogen-bond acceptors (Lipinski definition) is 5. The normalized spacial score (nSPS) is 23.4. The summed E-state index contributed by atoms with van der Waals surface area (Å²) in [4.78, 5) is 40.8. The molecule has 0 bridgehead atoms. The number of methoxy groups -OCH3 is 1. The first-order valence-corrected chi connectivity index (χ1v) is 9.86. The van der Waals surface area contributed by atoms with Crippen LogP contribution in [-0.4, -0.2) is 54.6 Å². The molecular weight excluding hydrogens is 370 g/mol. The van der Waals surface area contributed by atoms with Gasteiger partial charge < -0.3 is 10.1 Å². The van der Waals surface area contributed by atoms with Crippen molar-refractivity contribution >= 4 is 28.7 Å². The van der Waals surface area contributed by atoms with Gasteiger partial charge in [0.15, 0.2) is 0 Å². The molecule has 4 rings (SSSR count). The highest BCUT2D eigenvalue weighted by Gasteiger charge is 2.49. The first kappa shape index (κ1) is 19.4. The number of amides is 3. The van der Waals surface area contributed by atoms with Gasteiger partial charge in [-0.25, -0.2) is 9.69 Å². The largest absolute Gasteiger partial charge is 0.469 e. The number of hydrogen-bond donors (Lipinski definition) is 1. The van der Waals surface area contributed by atoms with E-state index in [9.17, 15) is 14.4 Å². The van der Waals surface area contributed by atoms with Gasteiger partial charge in [-0.05, 0) is 42.2 Å². The molecule has 2 fully saturated rings. The standard InChI is InChI=1S/C22H25N3O4/c1-22(18-8-7-15-5-3-4-6-17(15)13-18)20(27)25(21(28)23-22)14-24-11-9-16(10-12-24)19(26)29-2/h3-8,13,16H,9-12,14H2,1-2H3,(H,23,28)/t22-/m0/s1. The lowest BCUT2D eigenvalue weighted by atomic mass is 9.90. The Morgan fingerprint density at radius 3 is 2.52 bits per heavy atom. The summed E-state index contributed by atoms with van der Waals surface area (Å²) >= 11 is 0. The van der Waals surface area contributed by atoms with Crippen molar-refractivity contribution in [2.45, 2.75) is 25.3 Å². The van der Waals surface area contributed by atoms with Gasteiger partial charge in [0.2, 0.25) is 0 Å². The number of nitrogens with one attached hydrogen (secondary N) is 1. The van der Waals surface area contributed by atoms with Gasteiger partial charge in [0.25, 0.3) is 5.91 Å². The number of rotatable bonds is 4. The number of urea groups is 1. The molecule has 2 aliphatic heterocycles. The van der Waals surface area contributed by atoms with Gasteiger partial charge >= 0.3 is 12.0 Å². The third-order valence-corrected chi connectivity index (χ3v) is 6.07. The van der Waals surface area contributed by atoms with E-state index in [1.165, 1.54) is 12.0 Å². The zero-order valence-corrected chi connectivity index (χ0v) is 16.7. The van der Waals surface area contributed by atoms with E-state index in [1.807, 2.05) is 47.4 Å². The van der Waals surface area contributed by atoms with Crippen LogP contribution < -0.4 is 5.32 Å². The fraction of sp³-hybridized carbons (Fsp3) is 0.409. The Labute approximate surface area is 169 Å². The van der Waals surface area contributed by atoms with Crippen LogP contribution in [0.2, 0.25) is 0 Å². The number of likely N-dealkylation sites (tertiary alicyclic amines) is 1. The third kappa shape index (κ3) is 3.46. The van der Waals surface area contributed by atoms with Crippen LogP contribution in [0.25, 0.3) is 10.8 Å². The quantitative estimate of drug-likeness (QED) is 0.636. The highest BCUT2D eigenvalue weighted by molar-refractivity contribution is 6.07. The van der Waals surface area contributed by atoms with Gasteiger partial charge in [0.1, 0.15) is 5.54 Å². The predicted octanol–water partition coefficient (Wildman–Crippen LogP) is 2.45. The van der Waals surface area contributed by atoms with Crippen molar-refractivity contribution < 1.29 is 19.1 Å². The smallest absolute Gasteiger partial charge is 0.326 e. The van der Waals surface area contributed by atoms with Crippen LogP contribution in [-0.2, 0) is 19.9 Å². The van der Waals surface area contributed by atoms with Gasteiger partial charge in [0.05, 0.1) is 19.7 Å². The van der Waals surface area contributed by atoms with Crippen molar-refractivity contribution in [3.8, 4) is 0 Å². The number of imide groups is 1. The number of esters is 1. The first-order valence-electron chi connectivity index (χ1n) is 9.86. The summed E-state index contributed by atoms with van der Waals surface area (Å²) < 4.78 is 4.81. The molecule has 7 heteroatoms. The Hall–Kier alpha value is -2.93. The number of carbonyl (C=O) groups is 3. The predicted molar refractivity (Wildman–Crippen MR) is 108 cm³/mol. The molecule has 1 atom stereocenters. The second-order valence-corrected chi connectivity index (χ2v) is 7.91. The first-order chi connectivity index (χ1) is 13.9. The molecule has 0 aromatic heterocycles. The van der Waals surface area contributed by atoms with Crippen LogP contribution in [0.5, 0.6) is 0 Å². The van der Waals surface area contributed by atoms with E-state index in [0.717, 1.165) is 16.3 Å². The van der Waals surface area contributed by atoms with Crippen molar-refractivity contribution in [3.05, 3.63) is 48.0 Å². The maximum atomic E-state index is 13.2. The van der Waals surface area contributed by atoms with E-state index < -0.39 is 5.54 Å². The van der Waals surface area contributed by atoms with E-state index in [2.05, 4.69) is 5.32 Å². The lowest BCUT2D eigenvalue weighted by Gasteiger charge is -2.32. The van der Waals surface area contributed by atoms with Crippen LogP contribution in [0.4, 0.5) is 4.79 Å². The molecule has 2 heterocycles. The van der Waals surface area contributed by atoms with Crippen molar-refractivity contribution in [2.24, 2.45) is 5.92 Å². The SMILES string of the molecule is COC(=O)C1CCN(CN2C(=O)N[C@@](C)(c3ccc4ccccc4c3)C2=O)CC1. The second kappa shape index (κ2) is 7.48. The van der Waals surface area contributed by atoms with E-state index in [-0.39, 0.29) is 30.5 Å². The molecule has 2 aliphatic rings. The van der Waals surface area contributed by atoms with Crippen LogP contribution in [0.1, 0.15) is 25.3 Å². The molecule has 0 unspecified atom stereocenters. The molecule has 0 radical (unpaired) electrons. The number of ether oxygens (including phenoxy) is 1. The lowest BCUT2D eigenvalue weighted by Crippen LogP contribution is -2.46. The topological polar surface area (TPSA) is 79.0 Å². The van der Waals surface area contributed by atoms with E-state index >= 15 is 0 Å². The summed E-state index contributed by atoms with van der Waals surface area (Å²) in [6.07, 6.45) is 1.33. The highest BCUT2D eigenvalue weighted by Crippen LogP contribution is 2.31. The number of fused-ring (bicyclic) bond motifs is 1. The van der Waals surface area contributed by atoms with Crippen LogP contribution >= 0.6 is 0 Å². The fourth-order valence-corrected chi connectivity index (χ4v) is 4.20. The molecule has 2 saturated heterocycles. The Kier molecular flexibility index (Phi) is 5.00. The number of piperidine rings is 1. The molecule has 0 spiro atoms. The van der Waals surface area contributed by atoms with E-state index in [4.69, 9.17) is 4.74 Å². The Morgan fingerprint density at radius 1 is 1.14 bits per heavy atom. The summed E-state index contributed by atoms with van der Waals surface area (Å²) in [5, 5.41) is 4.98. The minimum absolute atomic E-state index is 0.109. The van der Waals surface area contributed by atoms with Gasteiger partial charge in [-0.2, -0.15) is 0 Å². The summed E-state index contributed by atoms with van der Waals surface area (Å²) in [6, 6.07) is 13.4. The molecule has 3 amide bonds. The summed E-state index contributed by atoms with van der Waals surface area (Å²) in [6.45, 7) is 3.26. The zero-order chi connectivity index (χ0) is 20.6. The average Bonchev–Trinajstić information content (AvgIpc) is 2.97. The molecule has 7 nitrogen and oxygen atoms in total. The second-order valence-electron chi connectivity index (χ2n) is 7.91. The number of carbonyl (C=O) groups excluding carboxylic acids is 3. The monoisotopic (exact) mass is 395 g/mol. The van der Waals surface area contributed by atoms with Crippen molar-refractivity contribution in [3.63, 3.8) is 0 Å². The number of nitrogens with zero attached hydrogens (tertiary/aromatic N) is 2. The molecule has 2 aromatic rings. The van der Waals surface area contributed by atoms with Crippen molar-refractivity contribution in [2.75, 3.05) is 26.9 Å². The minimum atomic E-state index is -1.09. The summed E-state index contributed by atoms with van der Waals surface area (Å²) in [5.41, 5.74) is -0.327. The van der Waals surface area contributed by atoms with Crippen molar-refractivity contribution in [1.29, 1.82) is 0 Å². The van der Waals surface area contributed by atoms with Gasteiger partial charge in [-0.1, -0.05) is 36.4 Å². The Bertz CT molecular complexity index is 967. The minimum Gasteiger partial charge on any atom is -0.469 e. The molecule has 2 aromatic carbocycles. The Morgan fingerprint density at radius 2 is 1.83 bits per heavy atom. The van der Waals surface area contributed by atoms with Crippen molar-refractivity contribution in [1.82, 2.24) is 15.1 Å². The summed E-state index contributed by atoms with van der Waals surface area (Å²) in [5.74, 6) is -0.557. The third-order valence-electron chi connectivity index (χ3n) is 6.07. The zero-order valence-electron chi connectivity index (χ0n) is 16.7. The number of benzene rings is 2. The van der Waals surface area contributed by atoms with Gasteiger partial charge in [0, 0.05) is 13.1 Å². The van der Waals surface area contributed by atoms with Crippen LogP contribution in [0.15, 0.2) is 42.5 Å². The van der Waals surface area contributed by atoms with E-state index in [1.54, 1.807) is 6.92 Å². The molecular formula is C22H25N3O4. The molecule has 152 valence electrons. The van der Waals surface area contributed by atoms with Crippen LogP contribution in [0, 0.1) is 5.92 Å². The molecule has 29 heavy (non-hydrogen) atoms. The lowest BCUT2D eigenvalue weighted by molar-refractivity contribution is -0.147. The molecule has 0 aliphatic carbocycles. The summed E-state index contributed by atoms with van der Waals surface area (Å²) in [7, 11) is 1.40. The van der Waals surface area contributed by atoms with Crippen LogP contribution in [0.3, 0.4) is 0 Å². The molecule has 1 N–H and O–H groups in total. The average molecular weight is 395 g/mol. The van der Waals surface area contributed by atoms with Gasteiger partial charge in [-0.3, -0.25) is 14.5 Å². The van der Waals surface area contributed by atoms with Gasteiger partial charge in [-0.15, -0.1) is 0 Å².